The van der Waals surface area contributed by atoms with E-state index in [2.05, 4.69) is 10.6 Å². The minimum Gasteiger partial charge on any atom is -0.543 e. The van der Waals surface area contributed by atoms with Crippen LogP contribution in [0.3, 0.4) is 0 Å². The maximum Gasteiger partial charge on any atom is 0.401 e. The fourth-order valence-electron chi connectivity index (χ4n) is 3.16. The molecule has 4 fully saturated rings. The molecule has 0 aliphatic carbocycles. The number of carboxylic acids is 2. The van der Waals surface area contributed by atoms with Gasteiger partial charge in [0.25, 0.3) is 0 Å². The Morgan fingerprint density at radius 2 is 1.04 bits per heavy atom. The first-order valence-corrected chi connectivity index (χ1v) is 10.0. The second-order valence-electron chi connectivity index (χ2n) is 6.97. The van der Waals surface area contributed by atoms with E-state index in [4.69, 9.17) is 19.8 Å². The maximum atomic E-state index is 12.2. The highest BCUT2D eigenvalue weighted by Gasteiger charge is 2.63. The molecule has 162 valence electrons. The highest BCUT2D eigenvalue weighted by atomic mass is 32.2. The van der Waals surface area contributed by atoms with Crippen LogP contribution < -0.4 is 20.8 Å². The standard InChI is InChI=1S/2C6H8F3NS.C2H2O4/c2*7-6(8,9)4-5(3-11-4)1-10-2-5;3-1(4)2(5)6/h2*4,10H,1-3H2;(H,3,4)(H,5,6)/p-2. The molecule has 0 aromatic carbocycles. The van der Waals surface area contributed by atoms with Crippen LogP contribution in [0.5, 0.6) is 0 Å². The van der Waals surface area contributed by atoms with Crippen LogP contribution in [-0.2, 0) is 9.59 Å². The second-order valence-corrected chi connectivity index (χ2v) is 9.16. The van der Waals surface area contributed by atoms with Crippen LogP contribution in [0, 0.1) is 10.8 Å². The fourth-order valence-corrected chi connectivity index (χ4v) is 5.88. The van der Waals surface area contributed by atoms with E-state index in [1.54, 1.807) is 0 Å². The third-order valence-corrected chi connectivity index (χ3v) is 8.54. The summed E-state index contributed by atoms with van der Waals surface area (Å²) in [4.78, 5) is 17.9. The molecule has 0 radical (unpaired) electrons. The van der Waals surface area contributed by atoms with Crippen molar-refractivity contribution in [1.29, 1.82) is 0 Å². The molecule has 0 aromatic heterocycles. The van der Waals surface area contributed by atoms with Gasteiger partial charge in [0.15, 0.2) is 0 Å². The molecule has 4 saturated heterocycles. The molecule has 2 atom stereocenters. The number of carboxylic acid groups (broad SMARTS) is 2. The molecule has 4 heterocycles. The van der Waals surface area contributed by atoms with Gasteiger partial charge in [-0.15, -0.1) is 23.5 Å². The average molecular weight is 454 g/mol. The van der Waals surface area contributed by atoms with Gasteiger partial charge in [-0.3, -0.25) is 0 Å². The number of hydrogen-bond donors (Lipinski definition) is 2. The molecule has 0 saturated carbocycles. The number of carbonyl (C=O) groups is 2. The predicted molar refractivity (Wildman–Crippen MR) is 85.2 cm³/mol. The zero-order chi connectivity index (χ0) is 21.4. The van der Waals surface area contributed by atoms with Crippen molar-refractivity contribution in [3.8, 4) is 0 Å². The predicted octanol–water partition coefficient (Wildman–Crippen LogP) is -1.01. The van der Waals surface area contributed by atoms with Gasteiger partial charge in [0.1, 0.15) is 10.5 Å². The van der Waals surface area contributed by atoms with Crippen LogP contribution in [0.4, 0.5) is 26.3 Å². The van der Waals surface area contributed by atoms with E-state index in [9.17, 15) is 26.3 Å². The normalized spacial score (nSPS) is 28.8. The SMILES string of the molecule is FC(F)(F)C1SCC12CNC2.FC(F)(F)C1SCC12CNC2.O=C([O-])C(=O)[O-]. The molecule has 2 spiro atoms. The lowest BCUT2D eigenvalue weighted by molar-refractivity contribution is -0.345. The van der Waals surface area contributed by atoms with E-state index >= 15 is 0 Å². The second kappa shape index (κ2) is 8.11. The number of carbonyl (C=O) groups excluding carboxylic acids is 2. The zero-order valence-corrected chi connectivity index (χ0v) is 15.7. The van der Waals surface area contributed by atoms with Gasteiger partial charge in [-0.2, -0.15) is 26.3 Å². The largest absolute Gasteiger partial charge is 0.543 e. The van der Waals surface area contributed by atoms with Crippen LogP contribution in [0.15, 0.2) is 0 Å². The molecule has 0 aromatic rings. The Morgan fingerprint density at radius 3 is 1.07 bits per heavy atom. The smallest absolute Gasteiger partial charge is 0.401 e. The Bertz CT molecular complexity index is 545. The molecule has 0 amide bonds. The summed E-state index contributed by atoms with van der Waals surface area (Å²) in [7, 11) is 0. The fraction of sp³-hybridized carbons (Fsp3) is 0.857. The number of nitrogens with one attached hydrogen (secondary N) is 2. The number of halogens is 6. The number of thioether (sulfide) groups is 2. The average Bonchev–Trinajstić information content (AvgIpc) is 2.28. The van der Waals surface area contributed by atoms with Crippen molar-refractivity contribution >= 4 is 35.5 Å². The van der Waals surface area contributed by atoms with E-state index in [0.29, 0.717) is 37.7 Å². The van der Waals surface area contributed by atoms with E-state index in [-0.39, 0.29) is 0 Å². The molecule has 4 rings (SSSR count). The highest BCUT2D eigenvalue weighted by molar-refractivity contribution is 8.01. The van der Waals surface area contributed by atoms with Gasteiger partial charge in [0.2, 0.25) is 0 Å². The van der Waals surface area contributed by atoms with Crippen LogP contribution in [0.2, 0.25) is 0 Å². The molecule has 28 heavy (non-hydrogen) atoms. The topological polar surface area (TPSA) is 104 Å². The van der Waals surface area contributed by atoms with Crippen LogP contribution in [0.25, 0.3) is 0 Å². The van der Waals surface area contributed by atoms with Crippen molar-refractivity contribution in [3.63, 3.8) is 0 Å². The summed E-state index contributed by atoms with van der Waals surface area (Å²) in [6.45, 7) is 2.18. The Hall–Kier alpha value is -0.860. The molecule has 4 aliphatic rings. The van der Waals surface area contributed by atoms with Crippen molar-refractivity contribution in [3.05, 3.63) is 0 Å². The van der Waals surface area contributed by atoms with Crippen molar-refractivity contribution < 1.29 is 46.1 Å². The summed E-state index contributed by atoms with van der Waals surface area (Å²) in [6.07, 6.45) is -7.99. The van der Waals surface area contributed by atoms with Gasteiger partial charge in [0, 0.05) is 48.5 Å². The van der Waals surface area contributed by atoms with Crippen LogP contribution in [0.1, 0.15) is 0 Å². The number of alkyl halides is 6. The first-order chi connectivity index (χ1) is 12.7. The van der Waals surface area contributed by atoms with E-state index in [1.807, 2.05) is 0 Å². The Balaban J connectivity index is 0.000000158. The number of aliphatic carboxylic acids is 2. The molecule has 0 bridgehead atoms. The van der Waals surface area contributed by atoms with Gasteiger partial charge < -0.3 is 30.4 Å². The summed E-state index contributed by atoms with van der Waals surface area (Å²) >= 11 is 2.06. The van der Waals surface area contributed by atoms with Crippen molar-refractivity contribution in [1.82, 2.24) is 10.6 Å². The first kappa shape index (κ1) is 23.4. The van der Waals surface area contributed by atoms with Gasteiger partial charge >= 0.3 is 12.4 Å². The number of hydrogen-bond acceptors (Lipinski definition) is 8. The van der Waals surface area contributed by atoms with Crippen LogP contribution in [-0.4, -0.2) is 72.5 Å². The van der Waals surface area contributed by atoms with Crippen molar-refractivity contribution in [2.24, 2.45) is 10.8 Å². The van der Waals surface area contributed by atoms with Crippen molar-refractivity contribution in [2.45, 2.75) is 22.9 Å². The highest BCUT2D eigenvalue weighted by Crippen LogP contribution is 2.55. The Morgan fingerprint density at radius 1 is 0.750 bits per heavy atom. The molecule has 6 nitrogen and oxygen atoms in total. The lowest BCUT2D eigenvalue weighted by Crippen LogP contribution is -2.69. The Kier molecular flexibility index (Phi) is 6.78. The lowest BCUT2D eigenvalue weighted by atomic mass is 9.78. The summed E-state index contributed by atoms with van der Waals surface area (Å²) in [5, 5.41) is 21.4. The maximum absolute atomic E-state index is 12.2. The van der Waals surface area contributed by atoms with E-state index in [1.165, 1.54) is 0 Å². The molecule has 2 unspecified atom stereocenters. The molecule has 14 heteroatoms. The van der Waals surface area contributed by atoms with Gasteiger partial charge in [-0.1, -0.05) is 0 Å². The third kappa shape index (κ3) is 4.82. The van der Waals surface area contributed by atoms with E-state index < -0.39 is 45.6 Å². The van der Waals surface area contributed by atoms with E-state index in [0.717, 1.165) is 23.5 Å². The summed E-state index contributed by atoms with van der Waals surface area (Å²) in [5.41, 5.74) is -0.855. The molecular weight excluding hydrogens is 438 g/mol. The summed E-state index contributed by atoms with van der Waals surface area (Å²) < 4.78 is 73.0. The third-order valence-electron chi connectivity index (χ3n) is 4.86. The molecule has 2 N–H and O–H groups in total. The minimum atomic E-state index is -4.00. The molecular formula is C14H16F6N2O4S2-2. The van der Waals surface area contributed by atoms with Crippen LogP contribution >= 0.6 is 23.5 Å². The quantitative estimate of drug-likeness (QED) is 0.355. The summed E-state index contributed by atoms with van der Waals surface area (Å²) in [5.74, 6) is -3.03. The van der Waals surface area contributed by atoms with Crippen molar-refractivity contribution in [2.75, 3.05) is 37.7 Å². The molecule has 4 aliphatic heterocycles. The van der Waals surface area contributed by atoms with Gasteiger partial charge in [0.05, 0.1) is 11.9 Å². The summed E-state index contributed by atoms with van der Waals surface area (Å²) in [6, 6.07) is 0. The lowest BCUT2D eigenvalue weighted by Gasteiger charge is -2.55. The zero-order valence-electron chi connectivity index (χ0n) is 14.1. The Labute approximate surface area is 164 Å². The minimum absolute atomic E-state index is 0.428. The first-order valence-electron chi connectivity index (χ1n) is 7.94. The number of rotatable bonds is 0. The van der Waals surface area contributed by atoms with Gasteiger partial charge in [-0.25, -0.2) is 0 Å². The monoisotopic (exact) mass is 454 g/mol. The van der Waals surface area contributed by atoms with Gasteiger partial charge in [-0.05, 0) is 0 Å².